The van der Waals surface area contributed by atoms with Gasteiger partial charge < -0.3 is 13.9 Å². The lowest BCUT2D eigenvalue weighted by atomic mass is 10.2. The van der Waals surface area contributed by atoms with Crippen LogP contribution < -0.4 is 9.47 Å². The van der Waals surface area contributed by atoms with E-state index in [0.717, 1.165) is 27.8 Å². The van der Waals surface area contributed by atoms with Crippen LogP contribution in [0.1, 0.15) is 5.56 Å². The molecule has 0 radical (unpaired) electrons. The van der Waals surface area contributed by atoms with Crippen LogP contribution in [-0.2, 0) is 6.61 Å². The summed E-state index contributed by atoms with van der Waals surface area (Å²) in [6.45, 7) is 0.520. The average Bonchev–Trinajstić information content (AvgIpc) is 3.14. The van der Waals surface area contributed by atoms with E-state index >= 15 is 0 Å². The molecule has 5 heteroatoms. The topological polar surface area (TPSA) is 57.4 Å². The molecule has 5 nitrogen and oxygen atoms in total. The fraction of sp³-hybridized carbons (Fsp3) is 0.0435. The van der Waals surface area contributed by atoms with Gasteiger partial charge in [0.05, 0.1) is 0 Å². The van der Waals surface area contributed by atoms with Crippen LogP contribution in [0.4, 0.5) is 0 Å². The molecule has 5 aromatic rings. The number of furan rings is 1. The summed E-state index contributed by atoms with van der Waals surface area (Å²) in [7, 11) is 0. The summed E-state index contributed by atoms with van der Waals surface area (Å²) in [6.07, 6.45) is 1.48. The monoisotopic (exact) mass is 368 g/mol. The van der Waals surface area contributed by atoms with Crippen molar-refractivity contribution in [3.05, 3.63) is 90.8 Å². The zero-order valence-electron chi connectivity index (χ0n) is 14.9. The van der Waals surface area contributed by atoms with Crippen molar-refractivity contribution in [3.63, 3.8) is 0 Å². The summed E-state index contributed by atoms with van der Waals surface area (Å²) in [6, 6.07) is 25.2. The van der Waals surface area contributed by atoms with Gasteiger partial charge in [0.1, 0.15) is 35.5 Å². The molecular formula is C23H16N2O3. The lowest BCUT2D eigenvalue weighted by molar-refractivity contribution is 0.305. The third-order valence-corrected chi connectivity index (χ3v) is 4.41. The van der Waals surface area contributed by atoms with E-state index < -0.39 is 0 Å². The van der Waals surface area contributed by atoms with Crippen LogP contribution in [0.25, 0.3) is 22.1 Å². The van der Waals surface area contributed by atoms with Crippen molar-refractivity contribution in [1.29, 1.82) is 0 Å². The van der Waals surface area contributed by atoms with Gasteiger partial charge in [-0.15, -0.1) is 0 Å². The maximum Gasteiger partial charge on any atom is 0.267 e. The van der Waals surface area contributed by atoms with Crippen molar-refractivity contribution >= 4 is 22.1 Å². The molecule has 0 fully saturated rings. The highest BCUT2D eigenvalue weighted by atomic mass is 16.5. The van der Waals surface area contributed by atoms with Crippen LogP contribution in [0.2, 0.25) is 0 Å². The van der Waals surface area contributed by atoms with Gasteiger partial charge in [-0.1, -0.05) is 42.5 Å². The lowest BCUT2D eigenvalue weighted by Crippen LogP contribution is -1.95. The van der Waals surface area contributed by atoms with Crippen LogP contribution in [0, 0.1) is 0 Å². The molecule has 0 N–H and O–H groups in total. The largest absolute Gasteiger partial charge is 0.489 e. The SMILES string of the molecule is c1ccc(COc2ccc(Oc3ncnc4c3oc3ccccc34)cc2)cc1. The first-order chi connectivity index (χ1) is 13.9. The minimum Gasteiger partial charge on any atom is -0.489 e. The van der Waals surface area contributed by atoms with E-state index in [1.54, 1.807) is 0 Å². The van der Waals surface area contributed by atoms with E-state index in [9.17, 15) is 0 Å². The summed E-state index contributed by atoms with van der Waals surface area (Å²) < 4.78 is 17.6. The molecule has 2 aromatic heterocycles. The van der Waals surface area contributed by atoms with Crippen LogP contribution in [-0.4, -0.2) is 9.97 Å². The van der Waals surface area contributed by atoms with Crippen molar-refractivity contribution in [2.75, 3.05) is 0 Å². The Bertz CT molecular complexity index is 1230. The number of para-hydroxylation sites is 1. The first kappa shape index (κ1) is 16.3. The second kappa shape index (κ2) is 7.04. The molecule has 0 aliphatic heterocycles. The summed E-state index contributed by atoms with van der Waals surface area (Å²) >= 11 is 0. The zero-order valence-corrected chi connectivity index (χ0v) is 14.9. The number of hydrogen-bond acceptors (Lipinski definition) is 5. The Labute approximate surface area is 161 Å². The molecule has 5 rings (SSSR count). The Morgan fingerprint density at radius 3 is 2.36 bits per heavy atom. The Kier molecular flexibility index (Phi) is 4.10. The highest BCUT2D eigenvalue weighted by molar-refractivity contribution is 6.03. The summed E-state index contributed by atoms with van der Waals surface area (Å²) in [5, 5.41) is 0.939. The molecule has 0 aliphatic carbocycles. The maximum absolute atomic E-state index is 5.94. The van der Waals surface area contributed by atoms with Gasteiger partial charge in [-0.3, -0.25) is 0 Å². The molecule has 0 saturated carbocycles. The van der Waals surface area contributed by atoms with Crippen molar-refractivity contribution in [3.8, 4) is 17.4 Å². The Hall–Kier alpha value is -3.86. The highest BCUT2D eigenvalue weighted by Gasteiger charge is 2.14. The molecule has 0 amide bonds. The van der Waals surface area contributed by atoms with E-state index in [1.165, 1.54) is 6.33 Å². The number of benzene rings is 3. The van der Waals surface area contributed by atoms with Crippen molar-refractivity contribution in [2.24, 2.45) is 0 Å². The number of fused-ring (bicyclic) bond motifs is 3. The summed E-state index contributed by atoms with van der Waals surface area (Å²) in [5.74, 6) is 1.81. The quantitative estimate of drug-likeness (QED) is 0.395. The standard InChI is InChI=1S/C23H16N2O3/c1-2-6-16(7-3-1)14-26-17-10-12-18(13-11-17)27-23-22-21(24-15-25-23)19-8-4-5-9-20(19)28-22/h1-13,15H,14H2. The lowest BCUT2D eigenvalue weighted by Gasteiger charge is -2.08. The van der Waals surface area contributed by atoms with E-state index in [-0.39, 0.29) is 0 Å². The van der Waals surface area contributed by atoms with Crippen LogP contribution in [0.15, 0.2) is 89.6 Å². The average molecular weight is 368 g/mol. The van der Waals surface area contributed by atoms with Gasteiger partial charge in [0.15, 0.2) is 0 Å². The van der Waals surface area contributed by atoms with Gasteiger partial charge in [-0.2, -0.15) is 4.98 Å². The molecule has 3 aromatic carbocycles. The third-order valence-electron chi connectivity index (χ3n) is 4.41. The molecule has 0 unspecified atom stereocenters. The first-order valence-electron chi connectivity index (χ1n) is 8.94. The molecule has 0 aliphatic rings. The normalized spacial score (nSPS) is 11.0. The van der Waals surface area contributed by atoms with E-state index in [0.29, 0.717) is 23.8 Å². The minimum atomic E-state index is 0.388. The van der Waals surface area contributed by atoms with Crippen molar-refractivity contribution in [1.82, 2.24) is 9.97 Å². The summed E-state index contributed by atoms with van der Waals surface area (Å²) in [4.78, 5) is 8.57. The van der Waals surface area contributed by atoms with Gasteiger partial charge in [0.2, 0.25) is 5.58 Å². The number of ether oxygens (including phenoxy) is 2. The van der Waals surface area contributed by atoms with Gasteiger partial charge in [0.25, 0.3) is 5.88 Å². The second-order valence-electron chi connectivity index (χ2n) is 6.30. The van der Waals surface area contributed by atoms with Crippen LogP contribution in [0.3, 0.4) is 0 Å². The summed E-state index contributed by atoms with van der Waals surface area (Å²) in [5.41, 5.74) is 3.15. The van der Waals surface area contributed by atoms with E-state index in [2.05, 4.69) is 9.97 Å². The van der Waals surface area contributed by atoms with Crippen LogP contribution in [0.5, 0.6) is 17.4 Å². The molecule has 2 heterocycles. The minimum absolute atomic E-state index is 0.388. The van der Waals surface area contributed by atoms with Crippen LogP contribution >= 0.6 is 0 Å². The molecule has 0 saturated heterocycles. The number of hydrogen-bond donors (Lipinski definition) is 0. The fourth-order valence-electron chi connectivity index (χ4n) is 3.03. The fourth-order valence-corrected chi connectivity index (χ4v) is 3.03. The van der Waals surface area contributed by atoms with Gasteiger partial charge >= 0.3 is 0 Å². The Morgan fingerprint density at radius 1 is 0.750 bits per heavy atom. The molecular weight excluding hydrogens is 352 g/mol. The smallest absolute Gasteiger partial charge is 0.267 e. The van der Waals surface area contributed by atoms with Crippen molar-refractivity contribution < 1.29 is 13.9 Å². The van der Waals surface area contributed by atoms with E-state index in [1.807, 2.05) is 78.9 Å². The molecule has 0 bridgehead atoms. The zero-order chi connectivity index (χ0) is 18.8. The molecule has 28 heavy (non-hydrogen) atoms. The second-order valence-corrected chi connectivity index (χ2v) is 6.30. The third kappa shape index (κ3) is 3.14. The number of aromatic nitrogens is 2. The van der Waals surface area contributed by atoms with Gasteiger partial charge in [-0.05, 0) is 42.0 Å². The molecule has 0 spiro atoms. The Morgan fingerprint density at radius 2 is 1.50 bits per heavy atom. The molecule has 136 valence electrons. The predicted octanol–water partition coefficient (Wildman–Crippen LogP) is 5.75. The maximum atomic E-state index is 5.94. The van der Waals surface area contributed by atoms with Crippen molar-refractivity contribution in [2.45, 2.75) is 6.61 Å². The van der Waals surface area contributed by atoms with Gasteiger partial charge in [-0.25, -0.2) is 4.98 Å². The number of nitrogens with zero attached hydrogens (tertiary/aromatic N) is 2. The first-order valence-corrected chi connectivity index (χ1v) is 8.94. The predicted molar refractivity (Wildman–Crippen MR) is 107 cm³/mol. The molecule has 0 atom stereocenters. The highest BCUT2D eigenvalue weighted by Crippen LogP contribution is 2.33. The van der Waals surface area contributed by atoms with E-state index in [4.69, 9.17) is 13.9 Å². The Balaban J connectivity index is 1.36. The van der Waals surface area contributed by atoms with Gasteiger partial charge in [0, 0.05) is 5.39 Å². The number of rotatable bonds is 5.